The summed E-state index contributed by atoms with van der Waals surface area (Å²) < 4.78 is 27.6. The Morgan fingerprint density at radius 2 is 1.76 bits per heavy atom. The zero-order chi connectivity index (χ0) is 18.4. The van der Waals surface area contributed by atoms with E-state index < -0.39 is 16.1 Å². The molecule has 0 saturated heterocycles. The van der Waals surface area contributed by atoms with Crippen molar-refractivity contribution in [1.29, 1.82) is 0 Å². The quantitative estimate of drug-likeness (QED) is 0.760. The Labute approximate surface area is 159 Å². The van der Waals surface area contributed by atoms with E-state index in [4.69, 9.17) is 23.2 Å². The predicted octanol–water partition coefficient (Wildman–Crippen LogP) is 4.19. The molecule has 0 radical (unpaired) electrons. The van der Waals surface area contributed by atoms with E-state index in [0.29, 0.717) is 16.6 Å². The topological polar surface area (TPSA) is 49.4 Å². The van der Waals surface area contributed by atoms with Crippen LogP contribution in [0.1, 0.15) is 17.2 Å². The highest BCUT2D eigenvalue weighted by Crippen LogP contribution is 2.26. The summed E-state index contributed by atoms with van der Waals surface area (Å²) in [6, 6.07) is 13.9. The van der Waals surface area contributed by atoms with Crippen LogP contribution in [0.15, 0.2) is 53.9 Å². The summed E-state index contributed by atoms with van der Waals surface area (Å²) in [5.74, 6) is 0. The molecule has 2 aromatic rings. The minimum Gasteiger partial charge on any atom is -0.307 e. The summed E-state index contributed by atoms with van der Waals surface area (Å²) in [6.07, 6.45) is 1.56. The number of hydrogen-bond acceptors (Lipinski definition) is 3. The average Bonchev–Trinajstić information content (AvgIpc) is 2.55. The molecule has 0 aliphatic rings. The van der Waals surface area contributed by atoms with Crippen LogP contribution in [0.25, 0.3) is 6.08 Å². The van der Waals surface area contributed by atoms with Crippen LogP contribution < -0.4 is 4.72 Å². The third-order valence-corrected chi connectivity index (χ3v) is 5.29. The van der Waals surface area contributed by atoms with Crippen molar-refractivity contribution in [2.45, 2.75) is 6.04 Å². The number of halogens is 2. The molecule has 0 spiro atoms. The molecule has 0 aliphatic carbocycles. The summed E-state index contributed by atoms with van der Waals surface area (Å²) in [4.78, 5) is 1.90. The lowest BCUT2D eigenvalue weighted by Gasteiger charge is -2.22. The number of benzene rings is 2. The van der Waals surface area contributed by atoms with E-state index in [1.807, 2.05) is 49.3 Å². The number of sulfonamides is 1. The van der Waals surface area contributed by atoms with E-state index in [-0.39, 0.29) is 0 Å². The van der Waals surface area contributed by atoms with Gasteiger partial charge in [0, 0.05) is 12.0 Å². The molecule has 0 fully saturated rings. The fourth-order valence-corrected chi connectivity index (χ4v) is 3.60. The van der Waals surface area contributed by atoms with Gasteiger partial charge in [0.1, 0.15) is 0 Å². The molecule has 2 rings (SSSR count). The Hall–Kier alpha value is -1.37. The second kappa shape index (κ2) is 8.83. The van der Waals surface area contributed by atoms with Gasteiger partial charge < -0.3 is 4.90 Å². The maximum Gasteiger partial charge on any atom is 0.234 e. The van der Waals surface area contributed by atoms with Gasteiger partial charge in [0.2, 0.25) is 10.0 Å². The van der Waals surface area contributed by atoms with Crippen molar-refractivity contribution >= 4 is 39.3 Å². The van der Waals surface area contributed by atoms with Crippen LogP contribution >= 0.6 is 23.2 Å². The lowest BCUT2D eigenvalue weighted by atomic mass is 10.1. The number of nitrogens with one attached hydrogen (secondary N) is 1. The fourth-order valence-electron chi connectivity index (χ4n) is 2.27. The molecule has 2 aromatic carbocycles. The van der Waals surface area contributed by atoms with Crippen molar-refractivity contribution in [2.24, 2.45) is 0 Å². The molecule has 1 N–H and O–H groups in total. The largest absolute Gasteiger partial charge is 0.307 e. The number of nitrogens with zero attached hydrogens (tertiary/aromatic N) is 1. The van der Waals surface area contributed by atoms with Gasteiger partial charge in [0.25, 0.3) is 0 Å². The minimum atomic E-state index is -3.63. The van der Waals surface area contributed by atoms with Gasteiger partial charge in [0.15, 0.2) is 0 Å². The minimum absolute atomic E-state index is 0.391. The molecule has 0 aliphatic heterocycles. The van der Waals surface area contributed by atoms with Gasteiger partial charge in [-0.2, -0.15) is 0 Å². The van der Waals surface area contributed by atoms with Crippen LogP contribution in [0.4, 0.5) is 0 Å². The summed E-state index contributed by atoms with van der Waals surface area (Å²) >= 11 is 12.0. The van der Waals surface area contributed by atoms with Crippen LogP contribution in [-0.2, 0) is 10.0 Å². The maximum atomic E-state index is 12.4. The Morgan fingerprint density at radius 1 is 1.08 bits per heavy atom. The van der Waals surface area contributed by atoms with Gasteiger partial charge in [-0.3, -0.25) is 0 Å². The molecule has 4 nitrogen and oxygen atoms in total. The molecular formula is C18H20Cl2N2O2S. The maximum absolute atomic E-state index is 12.4. The zero-order valence-corrected chi connectivity index (χ0v) is 16.3. The summed E-state index contributed by atoms with van der Waals surface area (Å²) in [5.41, 5.74) is 1.56. The fraction of sp³-hybridized carbons (Fsp3) is 0.222. The highest BCUT2D eigenvalue weighted by molar-refractivity contribution is 7.92. The van der Waals surface area contributed by atoms with Crippen molar-refractivity contribution in [3.63, 3.8) is 0 Å². The summed E-state index contributed by atoms with van der Waals surface area (Å²) in [5, 5.41) is 1.99. The third-order valence-electron chi connectivity index (χ3n) is 3.44. The van der Waals surface area contributed by atoms with E-state index in [2.05, 4.69) is 4.72 Å². The van der Waals surface area contributed by atoms with E-state index in [1.165, 1.54) is 5.41 Å². The van der Waals surface area contributed by atoms with Gasteiger partial charge in [0.05, 0.1) is 16.1 Å². The second-order valence-corrected chi connectivity index (χ2v) is 8.28. The first kappa shape index (κ1) is 19.9. The first-order valence-electron chi connectivity index (χ1n) is 7.62. The van der Waals surface area contributed by atoms with Crippen LogP contribution in [0.5, 0.6) is 0 Å². The molecule has 134 valence electrons. The van der Waals surface area contributed by atoms with E-state index in [9.17, 15) is 8.42 Å². The molecule has 0 saturated carbocycles. The highest BCUT2D eigenvalue weighted by atomic mass is 35.5. The molecule has 0 bridgehead atoms. The molecule has 0 aromatic heterocycles. The van der Waals surface area contributed by atoms with Gasteiger partial charge in [-0.05, 0) is 43.4 Å². The van der Waals surface area contributed by atoms with Gasteiger partial charge in [-0.25, -0.2) is 13.1 Å². The monoisotopic (exact) mass is 398 g/mol. The van der Waals surface area contributed by atoms with Crippen molar-refractivity contribution < 1.29 is 8.42 Å². The Morgan fingerprint density at radius 3 is 2.36 bits per heavy atom. The van der Waals surface area contributed by atoms with Crippen LogP contribution in [-0.4, -0.2) is 34.0 Å². The van der Waals surface area contributed by atoms with E-state index >= 15 is 0 Å². The van der Waals surface area contributed by atoms with Gasteiger partial charge in [-0.15, -0.1) is 0 Å². The normalized spacial score (nSPS) is 13.5. The van der Waals surface area contributed by atoms with Crippen molar-refractivity contribution in [1.82, 2.24) is 9.62 Å². The Balaban J connectivity index is 2.23. The molecular weight excluding hydrogens is 379 g/mol. The average molecular weight is 399 g/mol. The first-order valence-corrected chi connectivity index (χ1v) is 9.92. The molecule has 25 heavy (non-hydrogen) atoms. The number of likely N-dealkylation sites (N-methyl/N-ethyl adjacent to an activating group) is 1. The molecule has 0 amide bonds. The lowest BCUT2D eigenvalue weighted by Crippen LogP contribution is -2.34. The standard InChI is InChI=1S/C18H20Cl2N2O2S/c1-22(2)13-18(15-8-9-16(19)17(20)12-15)21-25(23,24)11-10-14-6-4-3-5-7-14/h3-12,18,21H,13H2,1-2H3/b11-10+/t18-/m0/s1. The first-order chi connectivity index (χ1) is 11.8. The molecule has 0 heterocycles. The lowest BCUT2D eigenvalue weighted by molar-refractivity contribution is 0.364. The third kappa shape index (κ3) is 6.45. The van der Waals surface area contributed by atoms with E-state index in [0.717, 1.165) is 11.1 Å². The number of rotatable bonds is 7. The van der Waals surface area contributed by atoms with Crippen molar-refractivity contribution in [3.05, 3.63) is 75.1 Å². The smallest absolute Gasteiger partial charge is 0.234 e. The zero-order valence-electron chi connectivity index (χ0n) is 14.0. The second-order valence-electron chi connectivity index (χ2n) is 5.86. The highest BCUT2D eigenvalue weighted by Gasteiger charge is 2.19. The SMILES string of the molecule is CN(C)C[C@H](NS(=O)(=O)/C=C/c1ccccc1)c1ccc(Cl)c(Cl)c1. The van der Waals surface area contributed by atoms with Crippen molar-refractivity contribution in [2.75, 3.05) is 20.6 Å². The molecule has 1 atom stereocenters. The predicted molar refractivity (Wildman–Crippen MR) is 105 cm³/mol. The Kier molecular flexibility index (Phi) is 7.04. The summed E-state index contributed by atoms with van der Waals surface area (Å²) in [6.45, 7) is 0.483. The Bertz CT molecular complexity index is 837. The molecule has 7 heteroatoms. The van der Waals surface area contributed by atoms with Crippen molar-refractivity contribution in [3.8, 4) is 0 Å². The van der Waals surface area contributed by atoms with E-state index in [1.54, 1.807) is 24.3 Å². The molecule has 0 unspecified atom stereocenters. The number of hydrogen-bond donors (Lipinski definition) is 1. The summed E-state index contributed by atoms with van der Waals surface area (Å²) in [7, 11) is 0.118. The van der Waals surface area contributed by atoms with Gasteiger partial charge >= 0.3 is 0 Å². The van der Waals surface area contributed by atoms with Crippen LogP contribution in [0.3, 0.4) is 0 Å². The van der Waals surface area contributed by atoms with Crippen LogP contribution in [0.2, 0.25) is 10.0 Å². The van der Waals surface area contributed by atoms with Crippen LogP contribution in [0, 0.1) is 0 Å². The van der Waals surface area contributed by atoms with Gasteiger partial charge in [-0.1, -0.05) is 59.6 Å².